The first kappa shape index (κ1) is 20.5. The SMILES string of the molecule is C[C@H]1CCc2c(sc(NC(=O)c3ccccc3)c2C(=O)N(CCO)CCO)C1. The number of aliphatic hydroxyl groups is 2. The van der Waals surface area contributed by atoms with Gasteiger partial charge in [0.05, 0.1) is 18.8 Å². The minimum Gasteiger partial charge on any atom is -0.395 e. The zero-order chi connectivity index (χ0) is 20.1. The third-order valence-electron chi connectivity index (χ3n) is 5.02. The van der Waals surface area contributed by atoms with E-state index in [1.54, 1.807) is 24.3 Å². The van der Waals surface area contributed by atoms with Gasteiger partial charge < -0.3 is 20.4 Å². The van der Waals surface area contributed by atoms with Gasteiger partial charge in [0, 0.05) is 23.5 Å². The fraction of sp³-hybridized carbons (Fsp3) is 0.429. The third-order valence-corrected chi connectivity index (χ3v) is 6.19. The van der Waals surface area contributed by atoms with Crippen molar-refractivity contribution >= 4 is 28.2 Å². The van der Waals surface area contributed by atoms with Crippen molar-refractivity contribution in [2.75, 3.05) is 31.6 Å². The van der Waals surface area contributed by atoms with Gasteiger partial charge in [0.15, 0.2) is 0 Å². The number of amides is 2. The average Bonchev–Trinajstić information content (AvgIpc) is 3.04. The Kier molecular flexibility index (Phi) is 6.83. The molecule has 1 aliphatic carbocycles. The highest BCUT2D eigenvalue weighted by Crippen LogP contribution is 2.40. The molecular formula is C21H26N2O4S. The number of aliphatic hydroxyl groups excluding tert-OH is 2. The van der Waals surface area contributed by atoms with Gasteiger partial charge in [-0.25, -0.2) is 0 Å². The molecule has 0 radical (unpaired) electrons. The van der Waals surface area contributed by atoms with Crippen LogP contribution in [0.2, 0.25) is 0 Å². The van der Waals surface area contributed by atoms with Crippen molar-refractivity contribution in [2.24, 2.45) is 5.92 Å². The highest BCUT2D eigenvalue weighted by molar-refractivity contribution is 7.17. The third kappa shape index (κ3) is 4.43. The summed E-state index contributed by atoms with van der Waals surface area (Å²) in [5.41, 5.74) is 2.04. The average molecular weight is 403 g/mol. The number of carbonyl (C=O) groups is 2. The van der Waals surface area contributed by atoms with E-state index in [2.05, 4.69) is 12.2 Å². The second-order valence-electron chi connectivity index (χ2n) is 7.12. The molecule has 1 aromatic carbocycles. The fourth-order valence-electron chi connectivity index (χ4n) is 3.54. The van der Waals surface area contributed by atoms with E-state index in [4.69, 9.17) is 0 Å². The molecule has 0 bridgehead atoms. The lowest BCUT2D eigenvalue weighted by Gasteiger charge is -2.23. The quantitative estimate of drug-likeness (QED) is 0.664. The van der Waals surface area contributed by atoms with E-state index in [0.717, 1.165) is 29.7 Å². The zero-order valence-electron chi connectivity index (χ0n) is 16.0. The number of fused-ring (bicyclic) bond motifs is 1. The molecule has 28 heavy (non-hydrogen) atoms. The highest BCUT2D eigenvalue weighted by Gasteiger charge is 2.30. The molecule has 1 atom stereocenters. The molecule has 0 aliphatic heterocycles. The Morgan fingerprint density at radius 3 is 2.50 bits per heavy atom. The highest BCUT2D eigenvalue weighted by atomic mass is 32.1. The van der Waals surface area contributed by atoms with Crippen LogP contribution in [0.1, 0.15) is 44.5 Å². The predicted molar refractivity (Wildman–Crippen MR) is 110 cm³/mol. The van der Waals surface area contributed by atoms with Crippen LogP contribution in [0, 0.1) is 5.92 Å². The molecule has 1 aliphatic rings. The fourth-order valence-corrected chi connectivity index (χ4v) is 4.94. The summed E-state index contributed by atoms with van der Waals surface area (Å²) in [5.74, 6) is 0.0356. The molecule has 150 valence electrons. The van der Waals surface area contributed by atoms with Crippen molar-refractivity contribution in [3.8, 4) is 0 Å². The Morgan fingerprint density at radius 2 is 1.86 bits per heavy atom. The van der Waals surface area contributed by atoms with E-state index in [1.165, 1.54) is 16.2 Å². The number of hydrogen-bond donors (Lipinski definition) is 3. The summed E-state index contributed by atoms with van der Waals surface area (Å²) < 4.78 is 0. The number of nitrogens with zero attached hydrogens (tertiary/aromatic N) is 1. The van der Waals surface area contributed by atoms with E-state index in [1.807, 2.05) is 6.07 Å². The zero-order valence-corrected chi connectivity index (χ0v) is 16.8. The Bertz CT molecular complexity index is 828. The smallest absolute Gasteiger partial charge is 0.257 e. The molecule has 0 fully saturated rings. The number of anilines is 1. The number of rotatable bonds is 7. The van der Waals surface area contributed by atoms with Gasteiger partial charge in [-0.2, -0.15) is 0 Å². The van der Waals surface area contributed by atoms with Crippen LogP contribution in [0.25, 0.3) is 0 Å². The summed E-state index contributed by atoms with van der Waals surface area (Å²) in [6, 6.07) is 8.91. The molecular weight excluding hydrogens is 376 g/mol. The number of nitrogens with one attached hydrogen (secondary N) is 1. The van der Waals surface area contributed by atoms with Crippen molar-refractivity contribution in [1.82, 2.24) is 4.90 Å². The number of benzene rings is 1. The molecule has 1 aromatic heterocycles. The van der Waals surface area contributed by atoms with Gasteiger partial charge in [0.1, 0.15) is 5.00 Å². The summed E-state index contributed by atoms with van der Waals surface area (Å²) in [4.78, 5) is 28.5. The maximum atomic E-state index is 13.2. The molecule has 0 saturated heterocycles. The largest absolute Gasteiger partial charge is 0.395 e. The van der Waals surface area contributed by atoms with Crippen molar-refractivity contribution < 1.29 is 19.8 Å². The predicted octanol–water partition coefficient (Wildman–Crippen LogP) is 2.55. The van der Waals surface area contributed by atoms with Gasteiger partial charge in [-0.15, -0.1) is 11.3 Å². The van der Waals surface area contributed by atoms with E-state index < -0.39 is 0 Å². The standard InChI is InChI=1S/C21H26N2O4S/c1-14-7-8-16-17(13-14)28-20(22-19(26)15-5-3-2-4-6-15)18(16)21(27)23(9-11-24)10-12-25/h2-6,14,24-25H,7-13H2,1H3,(H,22,26)/t14-/m0/s1. The molecule has 7 heteroatoms. The van der Waals surface area contributed by atoms with E-state index in [-0.39, 0.29) is 38.1 Å². The van der Waals surface area contributed by atoms with Crippen LogP contribution >= 0.6 is 11.3 Å². The Labute approximate surface area is 168 Å². The van der Waals surface area contributed by atoms with Gasteiger partial charge in [0.25, 0.3) is 11.8 Å². The topological polar surface area (TPSA) is 89.9 Å². The molecule has 0 saturated carbocycles. The minimum atomic E-state index is -0.253. The lowest BCUT2D eigenvalue weighted by Crippen LogP contribution is -2.36. The molecule has 3 N–H and O–H groups in total. The summed E-state index contributed by atoms with van der Waals surface area (Å²) in [7, 11) is 0. The lowest BCUT2D eigenvalue weighted by molar-refractivity contribution is 0.0685. The van der Waals surface area contributed by atoms with Crippen molar-refractivity contribution in [3.05, 3.63) is 51.9 Å². The van der Waals surface area contributed by atoms with Crippen LogP contribution < -0.4 is 5.32 Å². The maximum Gasteiger partial charge on any atom is 0.257 e. The Morgan fingerprint density at radius 1 is 1.18 bits per heavy atom. The molecule has 0 spiro atoms. The molecule has 6 nitrogen and oxygen atoms in total. The molecule has 0 unspecified atom stereocenters. The van der Waals surface area contributed by atoms with E-state index in [0.29, 0.717) is 22.0 Å². The van der Waals surface area contributed by atoms with E-state index in [9.17, 15) is 19.8 Å². The van der Waals surface area contributed by atoms with Crippen LogP contribution in [-0.4, -0.2) is 53.2 Å². The summed E-state index contributed by atoms with van der Waals surface area (Å²) in [6.45, 7) is 2.12. The first-order valence-electron chi connectivity index (χ1n) is 9.57. The maximum absolute atomic E-state index is 13.2. The molecule has 2 aromatic rings. The van der Waals surface area contributed by atoms with Crippen molar-refractivity contribution in [1.29, 1.82) is 0 Å². The molecule has 2 amide bonds. The van der Waals surface area contributed by atoms with Gasteiger partial charge in [-0.3, -0.25) is 9.59 Å². The second-order valence-corrected chi connectivity index (χ2v) is 8.22. The van der Waals surface area contributed by atoms with Gasteiger partial charge in [0.2, 0.25) is 0 Å². The van der Waals surface area contributed by atoms with Crippen LogP contribution in [0.3, 0.4) is 0 Å². The van der Waals surface area contributed by atoms with Crippen LogP contribution in [0.4, 0.5) is 5.00 Å². The summed E-state index contributed by atoms with van der Waals surface area (Å²) >= 11 is 1.47. The molecule has 3 rings (SSSR count). The number of carbonyl (C=O) groups excluding carboxylic acids is 2. The lowest BCUT2D eigenvalue weighted by atomic mass is 9.88. The van der Waals surface area contributed by atoms with Crippen LogP contribution in [0.15, 0.2) is 30.3 Å². The monoisotopic (exact) mass is 402 g/mol. The van der Waals surface area contributed by atoms with Crippen molar-refractivity contribution in [2.45, 2.75) is 26.2 Å². The summed E-state index contributed by atoms with van der Waals surface area (Å²) in [6.07, 6.45) is 2.68. The van der Waals surface area contributed by atoms with Gasteiger partial charge >= 0.3 is 0 Å². The number of thiophene rings is 1. The van der Waals surface area contributed by atoms with Crippen LogP contribution in [0.5, 0.6) is 0 Å². The molecule has 1 heterocycles. The minimum absolute atomic E-state index is 0.145. The van der Waals surface area contributed by atoms with Gasteiger partial charge in [-0.1, -0.05) is 25.1 Å². The van der Waals surface area contributed by atoms with Gasteiger partial charge in [-0.05, 0) is 42.9 Å². The van der Waals surface area contributed by atoms with Crippen molar-refractivity contribution in [3.63, 3.8) is 0 Å². The summed E-state index contributed by atoms with van der Waals surface area (Å²) in [5, 5.41) is 22.1. The first-order valence-corrected chi connectivity index (χ1v) is 10.4. The first-order chi connectivity index (χ1) is 13.5. The Hall–Kier alpha value is -2.22. The normalized spacial score (nSPS) is 15.8. The second kappa shape index (κ2) is 9.32. The van der Waals surface area contributed by atoms with Crippen LogP contribution in [-0.2, 0) is 12.8 Å². The number of hydrogen-bond acceptors (Lipinski definition) is 5. The Balaban J connectivity index is 1.97. The van der Waals surface area contributed by atoms with E-state index >= 15 is 0 Å².